The Morgan fingerprint density at radius 1 is 1.39 bits per heavy atom. The number of carboxylic acid groups (broad SMARTS) is 1. The van der Waals surface area contributed by atoms with Gasteiger partial charge in [0.2, 0.25) is 11.7 Å². The summed E-state index contributed by atoms with van der Waals surface area (Å²) < 4.78 is 5.65. The van der Waals surface area contributed by atoms with E-state index in [1.54, 1.807) is 24.5 Å². The lowest BCUT2D eigenvalue weighted by Gasteiger charge is -2.31. The number of carbonyl (C=O) groups is 2. The largest absolute Gasteiger partial charge is 0.477 e. The van der Waals surface area contributed by atoms with Crippen LogP contribution < -0.4 is 5.43 Å². The van der Waals surface area contributed by atoms with Crippen LogP contribution in [0.3, 0.4) is 0 Å². The van der Waals surface area contributed by atoms with Crippen molar-refractivity contribution >= 4 is 28.9 Å². The number of hydrogen-bond acceptors (Lipinski definition) is 6. The number of carboxylic acids is 1. The summed E-state index contributed by atoms with van der Waals surface area (Å²) in [5.41, 5.74) is 3.99. The number of ketones is 1. The van der Waals surface area contributed by atoms with E-state index in [4.69, 9.17) is 4.74 Å². The summed E-state index contributed by atoms with van der Waals surface area (Å²) in [6.07, 6.45) is 10.5. The number of carbonyl (C=O) groups excluding carboxylic acids is 1. The molecular weight excluding hydrogens is 360 g/mol. The van der Waals surface area contributed by atoms with Crippen LogP contribution in [0, 0.1) is 0 Å². The predicted molar refractivity (Wildman–Crippen MR) is 103 cm³/mol. The fourth-order valence-corrected chi connectivity index (χ4v) is 3.76. The topological polar surface area (TPSA) is 108 Å². The van der Waals surface area contributed by atoms with Crippen molar-refractivity contribution in [3.05, 3.63) is 47.3 Å². The minimum absolute atomic E-state index is 0.0262. The summed E-state index contributed by atoms with van der Waals surface area (Å²) >= 11 is 0. The summed E-state index contributed by atoms with van der Waals surface area (Å²) in [5.74, 6) is -2.02. The molecule has 8 heteroatoms. The van der Waals surface area contributed by atoms with Gasteiger partial charge in [-0.3, -0.25) is 10.2 Å². The van der Waals surface area contributed by atoms with Crippen molar-refractivity contribution in [2.24, 2.45) is 0 Å². The average molecular weight is 382 g/mol. The molecular formula is C20H22N4O4. The molecule has 0 atom stereocenters. The number of H-pyrrole nitrogens is 1. The Labute approximate surface area is 161 Å². The minimum Gasteiger partial charge on any atom is -0.477 e. The normalized spacial score (nSPS) is 19.6. The van der Waals surface area contributed by atoms with Crippen LogP contribution in [-0.2, 0) is 14.3 Å². The summed E-state index contributed by atoms with van der Waals surface area (Å²) in [6, 6.07) is 3.94. The molecule has 1 aliphatic carbocycles. The van der Waals surface area contributed by atoms with Gasteiger partial charge in [0.05, 0.1) is 0 Å². The number of rotatable bonds is 5. The summed E-state index contributed by atoms with van der Waals surface area (Å²) in [6.45, 7) is 0. The van der Waals surface area contributed by atoms with Crippen molar-refractivity contribution in [1.82, 2.24) is 20.4 Å². The van der Waals surface area contributed by atoms with Gasteiger partial charge in [-0.1, -0.05) is 19.3 Å². The van der Waals surface area contributed by atoms with E-state index in [1.807, 2.05) is 18.1 Å². The van der Waals surface area contributed by atoms with Crippen LogP contribution in [-0.4, -0.2) is 44.9 Å². The van der Waals surface area contributed by atoms with Crippen molar-refractivity contribution in [2.45, 2.75) is 38.1 Å². The second kappa shape index (κ2) is 7.47. The van der Waals surface area contributed by atoms with Gasteiger partial charge in [0.25, 0.3) is 0 Å². The zero-order valence-corrected chi connectivity index (χ0v) is 15.6. The molecule has 3 N–H and O–H groups in total. The summed E-state index contributed by atoms with van der Waals surface area (Å²) in [5, 5.41) is 12.2. The van der Waals surface area contributed by atoms with Gasteiger partial charge in [0.15, 0.2) is 11.3 Å². The Morgan fingerprint density at radius 3 is 2.93 bits per heavy atom. The van der Waals surface area contributed by atoms with Gasteiger partial charge >= 0.3 is 5.97 Å². The monoisotopic (exact) mass is 382 g/mol. The van der Waals surface area contributed by atoms with E-state index < -0.39 is 11.8 Å². The molecule has 0 bridgehead atoms. The summed E-state index contributed by atoms with van der Waals surface area (Å²) in [7, 11) is 1.85. The van der Waals surface area contributed by atoms with Crippen molar-refractivity contribution in [1.29, 1.82) is 0 Å². The van der Waals surface area contributed by atoms with Crippen LogP contribution in [0.4, 0.5) is 0 Å². The fourth-order valence-electron chi connectivity index (χ4n) is 3.76. The molecule has 2 aliphatic rings. The third-order valence-electron chi connectivity index (χ3n) is 5.27. The Kier molecular flexibility index (Phi) is 4.87. The first-order valence-corrected chi connectivity index (χ1v) is 9.38. The molecule has 3 heterocycles. The average Bonchev–Trinajstić information content (AvgIpc) is 3.24. The predicted octanol–water partition coefficient (Wildman–Crippen LogP) is 2.57. The second-order valence-electron chi connectivity index (χ2n) is 7.11. The number of fused-ring (bicyclic) bond motifs is 1. The van der Waals surface area contributed by atoms with Gasteiger partial charge in [-0.05, 0) is 31.1 Å². The summed E-state index contributed by atoms with van der Waals surface area (Å²) in [4.78, 5) is 31.6. The molecule has 0 aromatic carbocycles. The quantitative estimate of drug-likeness (QED) is 0.414. The van der Waals surface area contributed by atoms with Gasteiger partial charge in [0.1, 0.15) is 5.65 Å². The van der Waals surface area contributed by atoms with E-state index >= 15 is 0 Å². The van der Waals surface area contributed by atoms with Crippen LogP contribution in [0.1, 0.15) is 37.7 Å². The number of ether oxygens (including phenoxy) is 1. The van der Waals surface area contributed by atoms with Crippen LogP contribution in [0.15, 0.2) is 41.7 Å². The van der Waals surface area contributed by atoms with Crippen molar-refractivity contribution in [2.75, 3.05) is 7.05 Å². The molecule has 28 heavy (non-hydrogen) atoms. The first kappa shape index (κ1) is 18.2. The van der Waals surface area contributed by atoms with Crippen molar-refractivity contribution in [3.8, 4) is 0 Å². The minimum atomic E-state index is -1.31. The SMILES string of the molecule is CN(NC1=C(C(=O)O)C(=O)/C(=C/c2c[nH]c3ncccc23)O1)C1CCCCC1. The number of nitrogens with one attached hydrogen (secondary N) is 2. The molecule has 146 valence electrons. The Hall–Kier alpha value is -3.13. The lowest BCUT2D eigenvalue weighted by atomic mass is 9.95. The molecule has 0 radical (unpaired) electrons. The highest BCUT2D eigenvalue weighted by Gasteiger charge is 2.37. The highest BCUT2D eigenvalue weighted by molar-refractivity contribution is 6.26. The van der Waals surface area contributed by atoms with Crippen LogP contribution in [0.25, 0.3) is 17.1 Å². The molecule has 2 aromatic rings. The lowest BCUT2D eigenvalue weighted by molar-refractivity contribution is -0.134. The van der Waals surface area contributed by atoms with Crippen LogP contribution >= 0.6 is 0 Å². The van der Waals surface area contributed by atoms with E-state index in [0.29, 0.717) is 11.2 Å². The molecule has 1 fully saturated rings. The van der Waals surface area contributed by atoms with Gasteiger partial charge < -0.3 is 14.8 Å². The number of Topliss-reactive ketones (excluding diaryl/α,β-unsaturated/α-hetero) is 1. The third-order valence-corrected chi connectivity index (χ3v) is 5.27. The molecule has 0 amide bonds. The Balaban J connectivity index is 1.59. The van der Waals surface area contributed by atoms with Crippen molar-refractivity contribution < 1.29 is 19.4 Å². The smallest absolute Gasteiger partial charge is 0.345 e. The molecule has 0 unspecified atom stereocenters. The molecule has 2 aromatic heterocycles. The van der Waals surface area contributed by atoms with E-state index in [9.17, 15) is 14.7 Å². The van der Waals surface area contributed by atoms with Gasteiger partial charge in [0, 0.05) is 36.4 Å². The van der Waals surface area contributed by atoms with E-state index in [0.717, 1.165) is 31.1 Å². The number of aromatic nitrogens is 2. The highest BCUT2D eigenvalue weighted by atomic mass is 16.5. The molecule has 0 spiro atoms. The van der Waals surface area contributed by atoms with Crippen LogP contribution in [0.5, 0.6) is 0 Å². The van der Waals surface area contributed by atoms with E-state index in [-0.39, 0.29) is 23.3 Å². The molecule has 0 saturated heterocycles. The molecule has 4 rings (SSSR count). The Morgan fingerprint density at radius 2 is 2.18 bits per heavy atom. The number of allylic oxidation sites excluding steroid dienone is 1. The van der Waals surface area contributed by atoms with Crippen molar-refractivity contribution in [3.63, 3.8) is 0 Å². The molecule has 1 aliphatic heterocycles. The number of aromatic amines is 1. The molecule has 1 saturated carbocycles. The van der Waals surface area contributed by atoms with Gasteiger partial charge in [-0.25, -0.2) is 14.8 Å². The van der Waals surface area contributed by atoms with E-state index in [2.05, 4.69) is 15.4 Å². The fraction of sp³-hybridized carbons (Fsp3) is 0.350. The first-order chi connectivity index (χ1) is 13.5. The standard InChI is InChI=1S/C20H22N4O4/c1-24(13-6-3-2-4-7-13)23-19-16(20(26)27)17(25)15(28-19)10-12-11-22-18-14(12)8-5-9-21-18/h5,8-11,13,23H,2-4,6-7H2,1H3,(H,21,22)(H,26,27)/b15-10-. The zero-order chi connectivity index (χ0) is 19.7. The maximum atomic E-state index is 12.7. The number of aliphatic carboxylic acids is 1. The number of nitrogens with zero attached hydrogens (tertiary/aromatic N) is 2. The maximum absolute atomic E-state index is 12.7. The highest BCUT2D eigenvalue weighted by Crippen LogP contribution is 2.28. The maximum Gasteiger partial charge on any atom is 0.345 e. The lowest BCUT2D eigenvalue weighted by Crippen LogP contribution is -2.43. The number of hydrazine groups is 1. The third kappa shape index (κ3) is 3.38. The second-order valence-corrected chi connectivity index (χ2v) is 7.11. The van der Waals surface area contributed by atoms with Crippen LogP contribution in [0.2, 0.25) is 0 Å². The number of pyridine rings is 1. The number of hydrogen-bond donors (Lipinski definition) is 3. The van der Waals surface area contributed by atoms with Gasteiger partial charge in [-0.15, -0.1) is 0 Å². The Bertz CT molecular complexity index is 985. The molecule has 8 nitrogen and oxygen atoms in total. The first-order valence-electron chi connectivity index (χ1n) is 9.38. The van der Waals surface area contributed by atoms with E-state index in [1.165, 1.54) is 6.42 Å². The zero-order valence-electron chi connectivity index (χ0n) is 15.6. The van der Waals surface area contributed by atoms with Gasteiger partial charge in [-0.2, -0.15) is 0 Å².